The van der Waals surface area contributed by atoms with Crippen LogP contribution in [-0.2, 0) is 25.6 Å². The lowest BCUT2D eigenvalue weighted by Crippen LogP contribution is -2.57. The van der Waals surface area contributed by atoms with E-state index in [0.29, 0.717) is 18.7 Å². The van der Waals surface area contributed by atoms with Gasteiger partial charge >= 0.3 is 5.97 Å². The SMILES string of the molecule is Cc1cc(C(=O)N[C@@H](Cc2cccc3ccccc23)C(=O)N[C@@H](CC(C)C)C(=O)N[C@@H](C[C@@H]2CCCNC2=O)C(=O)O)no1. The lowest BCUT2D eigenvalue weighted by Gasteiger charge is -2.28. The van der Waals surface area contributed by atoms with E-state index in [1.54, 1.807) is 6.92 Å². The summed E-state index contributed by atoms with van der Waals surface area (Å²) in [6, 6.07) is 11.3. The van der Waals surface area contributed by atoms with E-state index in [1.165, 1.54) is 6.07 Å². The molecule has 4 atom stereocenters. The van der Waals surface area contributed by atoms with Crippen LogP contribution < -0.4 is 21.3 Å². The Kier molecular flexibility index (Phi) is 10.7. The Morgan fingerprint density at radius 3 is 2.39 bits per heavy atom. The lowest BCUT2D eigenvalue weighted by atomic mass is 9.91. The zero-order chi connectivity index (χ0) is 31.8. The molecule has 1 aliphatic rings. The maximum absolute atomic E-state index is 13.8. The Morgan fingerprint density at radius 2 is 1.70 bits per heavy atom. The smallest absolute Gasteiger partial charge is 0.326 e. The van der Waals surface area contributed by atoms with Gasteiger partial charge < -0.3 is 30.9 Å². The first-order chi connectivity index (χ1) is 21.0. The number of carboxylic acid groups (broad SMARTS) is 1. The van der Waals surface area contributed by atoms with Crippen molar-refractivity contribution in [3.05, 3.63) is 65.5 Å². The van der Waals surface area contributed by atoms with Crippen LogP contribution in [0.3, 0.4) is 0 Å². The largest absolute Gasteiger partial charge is 0.480 e. The van der Waals surface area contributed by atoms with Gasteiger partial charge in [-0.2, -0.15) is 0 Å². The highest BCUT2D eigenvalue weighted by Crippen LogP contribution is 2.21. The molecule has 0 unspecified atom stereocenters. The first-order valence-electron chi connectivity index (χ1n) is 14.8. The van der Waals surface area contributed by atoms with Crippen molar-refractivity contribution >= 4 is 40.4 Å². The number of amides is 4. The van der Waals surface area contributed by atoms with E-state index in [-0.39, 0.29) is 36.8 Å². The third-order valence-electron chi connectivity index (χ3n) is 7.66. The average Bonchev–Trinajstić information content (AvgIpc) is 3.43. The monoisotopic (exact) mass is 605 g/mol. The second-order valence-electron chi connectivity index (χ2n) is 11.6. The van der Waals surface area contributed by atoms with Crippen LogP contribution in [0.4, 0.5) is 0 Å². The Balaban J connectivity index is 1.55. The summed E-state index contributed by atoms with van der Waals surface area (Å²) >= 11 is 0. The molecule has 0 spiro atoms. The zero-order valence-corrected chi connectivity index (χ0v) is 25.1. The van der Waals surface area contributed by atoms with Crippen LogP contribution in [0.5, 0.6) is 0 Å². The molecule has 1 fully saturated rings. The Bertz CT molecular complexity index is 1510. The number of piperidine rings is 1. The van der Waals surface area contributed by atoms with Gasteiger partial charge in [0.05, 0.1) is 0 Å². The number of benzene rings is 2. The van der Waals surface area contributed by atoms with Gasteiger partial charge in [-0.05, 0) is 54.9 Å². The molecule has 12 nitrogen and oxygen atoms in total. The highest BCUT2D eigenvalue weighted by molar-refractivity contribution is 5.98. The molecule has 5 N–H and O–H groups in total. The van der Waals surface area contributed by atoms with Gasteiger partial charge in [0.2, 0.25) is 17.7 Å². The number of aromatic nitrogens is 1. The molecule has 3 aromatic rings. The van der Waals surface area contributed by atoms with Crippen molar-refractivity contribution < 1.29 is 33.6 Å². The first kappa shape index (κ1) is 32.2. The molecule has 234 valence electrons. The van der Waals surface area contributed by atoms with Crippen molar-refractivity contribution in [2.24, 2.45) is 11.8 Å². The molecule has 4 amide bonds. The number of carbonyl (C=O) groups excluding carboxylic acids is 4. The molecule has 44 heavy (non-hydrogen) atoms. The highest BCUT2D eigenvalue weighted by Gasteiger charge is 2.34. The van der Waals surface area contributed by atoms with Gasteiger partial charge in [-0.3, -0.25) is 19.2 Å². The number of rotatable bonds is 13. The molecule has 0 aliphatic carbocycles. The van der Waals surface area contributed by atoms with Crippen LogP contribution in [-0.4, -0.2) is 64.5 Å². The molecule has 1 aliphatic heterocycles. The Morgan fingerprint density at radius 1 is 1.00 bits per heavy atom. The van der Waals surface area contributed by atoms with E-state index in [1.807, 2.05) is 56.3 Å². The predicted molar refractivity (Wildman–Crippen MR) is 161 cm³/mol. The number of hydrogen-bond donors (Lipinski definition) is 5. The number of aliphatic carboxylic acids is 1. The summed E-state index contributed by atoms with van der Waals surface area (Å²) in [5.41, 5.74) is 0.812. The summed E-state index contributed by atoms with van der Waals surface area (Å²) in [6.07, 6.45) is 1.51. The van der Waals surface area contributed by atoms with E-state index in [4.69, 9.17) is 4.52 Å². The number of nitrogens with one attached hydrogen (secondary N) is 4. The summed E-state index contributed by atoms with van der Waals surface area (Å²) in [5, 5.41) is 26.2. The molecule has 0 saturated carbocycles. The topological polar surface area (TPSA) is 180 Å². The van der Waals surface area contributed by atoms with Crippen LogP contribution in [0.15, 0.2) is 53.1 Å². The summed E-state index contributed by atoms with van der Waals surface area (Å²) in [4.78, 5) is 64.6. The summed E-state index contributed by atoms with van der Waals surface area (Å²) in [5.74, 6) is -3.58. The minimum Gasteiger partial charge on any atom is -0.480 e. The van der Waals surface area contributed by atoms with Gasteiger partial charge in [-0.15, -0.1) is 0 Å². The second kappa shape index (κ2) is 14.6. The summed E-state index contributed by atoms with van der Waals surface area (Å²) < 4.78 is 5.02. The average molecular weight is 606 g/mol. The second-order valence-corrected chi connectivity index (χ2v) is 11.6. The van der Waals surface area contributed by atoms with Gasteiger partial charge in [0.15, 0.2) is 5.69 Å². The number of carboxylic acids is 1. The van der Waals surface area contributed by atoms with Crippen molar-refractivity contribution in [1.82, 2.24) is 26.4 Å². The van der Waals surface area contributed by atoms with Gasteiger partial charge in [0.25, 0.3) is 5.91 Å². The summed E-state index contributed by atoms with van der Waals surface area (Å²) in [6.45, 7) is 5.92. The van der Waals surface area contributed by atoms with Crippen LogP contribution >= 0.6 is 0 Å². The molecule has 0 bridgehead atoms. The third-order valence-corrected chi connectivity index (χ3v) is 7.66. The fourth-order valence-electron chi connectivity index (χ4n) is 5.42. The molecular formula is C32H39N5O7. The minimum atomic E-state index is -1.32. The fourth-order valence-corrected chi connectivity index (χ4v) is 5.42. The number of nitrogens with zero attached hydrogens (tertiary/aromatic N) is 1. The van der Waals surface area contributed by atoms with Crippen molar-refractivity contribution in [3.8, 4) is 0 Å². The van der Waals surface area contributed by atoms with Gasteiger partial charge in [-0.25, -0.2) is 4.79 Å². The molecule has 0 radical (unpaired) electrons. The third kappa shape index (κ3) is 8.42. The van der Waals surface area contributed by atoms with Crippen molar-refractivity contribution in [3.63, 3.8) is 0 Å². The molecule has 2 heterocycles. The number of aryl methyl sites for hydroxylation is 1. The molecular weight excluding hydrogens is 566 g/mol. The standard InChI is InChI=1S/C32H39N5O7/c1-18(2)14-24(29(39)36-27(32(42)43)17-22-11-7-13-33-28(22)38)34-30(40)25(35-31(41)26-15-19(3)44-37-26)16-21-10-6-9-20-8-4-5-12-23(20)21/h4-6,8-10,12,15,18,22,24-25,27H,7,11,13-14,16-17H2,1-3H3,(H,33,38)(H,34,40)(H,35,41)(H,36,39)(H,42,43)/t22-,24-,25-,27-/m0/s1. The normalized spacial score (nSPS) is 16.9. The van der Waals surface area contributed by atoms with E-state index in [9.17, 15) is 29.1 Å². The van der Waals surface area contributed by atoms with E-state index < -0.39 is 47.7 Å². The molecule has 2 aromatic carbocycles. The maximum atomic E-state index is 13.8. The highest BCUT2D eigenvalue weighted by atomic mass is 16.5. The van der Waals surface area contributed by atoms with Gasteiger partial charge in [0, 0.05) is 24.9 Å². The van der Waals surface area contributed by atoms with Crippen LogP contribution in [0.2, 0.25) is 0 Å². The van der Waals surface area contributed by atoms with Gasteiger partial charge in [0.1, 0.15) is 23.9 Å². The summed E-state index contributed by atoms with van der Waals surface area (Å²) in [7, 11) is 0. The number of hydrogen-bond acceptors (Lipinski definition) is 7. The van der Waals surface area contributed by atoms with Crippen molar-refractivity contribution in [2.75, 3.05) is 6.54 Å². The molecule has 4 rings (SSSR count). The van der Waals surface area contributed by atoms with E-state index in [0.717, 1.165) is 22.8 Å². The predicted octanol–water partition coefficient (Wildman–Crippen LogP) is 2.49. The van der Waals surface area contributed by atoms with Crippen LogP contribution in [0, 0.1) is 18.8 Å². The lowest BCUT2D eigenvalue weighted by molar-refractivity contribution is -0.143. The fraction of sp³-hybridized carbons (Fsp3) is 0.438. The van der Waals surface area contributed by atoms with E-state index >= 15 is 0 Å². The van der Waals surface area contributed by atoms with Crippen molar-refractivity contribution in [2.45, 2.75) is 71.0 Å². The first-order valence-corrected chi connectivity index (χ1v) is 14.8. The Labute approximate surface area is 255 Å². The Hall–Kier alpha value is -4.74. The van der Waals surface area contributed by atoms with Crippen molar-refractivity contribution in [1.29, 1.82) is 0 Å². The van der Waals surface area contributed by atoms with Crippen LogP contribution in [0.1, 0.15) is 61.3 Å². The quantitative estimate of drug-likeness (QED) is 0.197. The number of fused-ring (bicyclic) bond motifs is 1. The number of carbonyl (C=O) groups is 5. The van der Waals surface area contributed by atoms with Gasteiger partial charge in [-0.1, -0.05) is 61.5 Å². The van der Waals surface area contributed by atoms with E-state index in [2.05, 4.69) is 26.4 Å². The minimum absolute atomic E-state index is 0.00532. The molecule has 12 heteroatoms. The van der Waals surface area contributed by atoms with Crippen LogP contribution in [0.25, 0.3) is 10.8 Å². The molecule has 1 aromatic heterocycles. The maximum Gasteiger partial charge on any atom is 0.326 e. The zero-order valence-electron chi connectivity index (χ0n) is 25.1. The molecule has 1 saturated heterocycles.